The molecule has 7 heteroatoms. The maximum Gasteiger partial charge on any atom is 0.411 e. The van der Waals surface area contributed by atoms with Gasteiger partial charge in [0.2, 0.25) is 0 Å². The molecule has 1 saturated heterocycles. The van der Waals surface area contributed by atoms with Crippen LogP contribution in [-0.2, 0) is 25.7 Å². The maximum absolute atomic E-state index is 12.4. The van der Waals surface area contributed by atoms with E-state index in [1.54, 1.807) is 27.2 Å². The third-order valence-electron chi connectivity index (χ3n) is 3.60. The molecule has 0 aromatic heterocycles. The Labute approximate surface area is 147 Å². The van der Waals surface area contributed by atoms with E-state index in [-0.39, 0.29) is 19.2 Å². The molecule has 1 fully saturated rings. The van der Waals surface area contributed by atoms with Crippen molar-refractivity contribution in [3.8, 4) is 0 Å². The second-order valence-corrected chi connectivity index (χ2v) is 6.90. The minimum Gasteiger partial charge on any atom is -0.459 e. The zero-order chi connectivity index (χ0) is 18.4. The minimum absolute atomic E-state index is 0.140. The number of rotatable bonds is 6. The van der Waals surface area contributed by atoms with Gasteiger partial charge < -0.3 is 14.4 Å². The molecule has 7 nitrogen and oxygen atoms in total. The van der Waals surface area contributed by atoms with Gasteiger partial charge in [-0.1, -0.05) is 30.3 Å². The zero-order valence-electron chi connectivity index (χ0n) is 14.7. The minimum atomic E-state index is -0.677. The van der Waals surface area contributed by atoms with Gasteiger partial charge in [0.15, 0.2) is 0 Å². The molecule has 1 aromatic carbocycles. The summed E-state index contributed by atoms with van der Waals surface area (Å²) in [5.74, 6) is -0.525. The number of carbonyl (C=O) groups is 2. The summed E-state index contributed by atoms with van der Waals surface area (Å²) >= 11 is 0. The second-order valence-electron chi connectivity index (χ2n) is 6.90. The molecule has 1 aliphatic heterocycles. The summed E-state index contributed by atoms with van der Waals surface area (Å²) in [5.41, 5.74) is 0.189. The van der Waals surface area contributed by atoms with Crippen molar-refractivity contribution in [2.24, 2.45) is 0 Å². The smallest absolute Gasteiger partial charge is 0.411 e. The van der Waals surface area contributed by atoms with Gasteiger partial charge in [-0.15, -0.1) is 0 Å². The fourth-order valence-electron chi connectivity index (χ4n) is 2.31. The first kappa shape index (κ1) is 18.8. The van der Waals surface area contributed by atoms with Crippen LogP contribution in [0.5, 0.6) is 0 Å². The van der Waals surface area contributed by atoms with Crippen molar-refractivity contribution in [3.63, 3.8) is 0 Å². The molecule has 1 radical (unpaired) electrons. The molecule has 2 rings (SSSR count). The summed E-state index contributed by atoms with van der Waals surface area (Å²) in [6.07, 6.45) is 1.16. The Balaban J connectivity index is 1.94. The first-order chi connectivity index (χ1) is 11.8. The van der Waals surface area contributed by atoms with E-state index in [1.165, 1.54) is 9.80 Å². The molecule has 0 N–H and O–H groups in total. The van der Waals surface area contributed by atoms with Crippen LogP contribution in [0.4, 0.5) is 4.79 Å². The van der Waals surface area contributed by atoms with Crippen molar-refractivity contribution in [2.75, 3.05) is 19.6 Å². The lowest BCUT2D eigenvalue weighted by molar-refractivity contribution is -0.147. The Morgan fingerprint density at radius 3 is 2.44 bits per heavy atom. The molecule has 2 amide bonds. The third kappa shape index (κ3) is 5.77. The van der Waals surface area contributed by atoms with E-state index < -0.39 is 17.7 Å². The van der Waals surface area contributed by atoms with E-state index in [0.29, 0.717) is 13.1 Å². The maximum atomic E-state index is 12.4. The number of hydrogen-bond acceptors (Lipinski definition) is 5. The van der Waals surface area contributed by atoms with Gasteiger partial charge in [0.25, 0.3) is 0 Å². The van der Waals surface area contributed by atoms with E-state index in [4.69, 9.17) is 9.47 Å². The van der Waals surface area contributed by atoms with Crippen LogP contribution >= 0.6 is 0 Å². The lowest BCUT2D eigenvalue weighted by atomic mass is 10.1. The number of hydrogen-bond donors (Lipinski definition) is 0. The SMILES string of the molecule is CC(C)(C)OC(=O)N(CC(=O)OCc1ccccc1)C1CN([C]=O)C1. The topological polar surface area (TPSA) is 76.2 Å². The van der Waals surface area contributed by atoms with Gasteiger partial charge in [-0.05, 0) is 26.3 Å². The Morgan fingerprint density at radius 1 is 1.24 bits per heavy atom. The molecule has 0 spiro atoms. The van der Waals surface area contributed by atoms with Gasteiger partial charge in [0, 0.05) is 13.1 Å². The fraction of sp³-hybridized carbons (Fsp3) is 0.500. The van der Waals surface area contributed by atoms with Gasteiger partial charge in [-0.25, -0.2) is 4.79 Å². The Morgan fingerprint density at radius 2 is 1.88 bits per heavy atom. The number of nitrogens with zero attached hydrogens (tertiary/aromatic N) is 2. The number of ether oxygens (including phenoxy) is 2. The molecule has 0 unspecified atom stereocenters. The van der Waals surface area contributed by atoms with Crippen LogP contribution in [0, 0.1) is 0 Å². The Bertz CT molecular complexity index is 606. The van der Waals surface area contributed by atoms with Crippen LogP contribution in [0.2, 0.25) is 0 Å². The van der Waals surface area contributed by atoms with Crippen LogP contribution in [0.15, 0.2) is 30.3 Å². The number of carbonyl (C=O) groups excluding carboxylic acids is 3. The number of likely N-dealkylation sites (tertiary alicyclic amines) is 1. The van der Waals surface area contributed by atoms with Crippen LogP contribution in [0.1, 0.15) is 26.3 Å². The van der Waals surface area contributed by atoms with Crippen molar-refractivity contribution in [1.82, 2.24) is 9.80 Å². The van der Waals surface area contributed by atoms with Crippen LogP contribution in [0.25, 0.3) is 0 Å². The number of benzene rings is 1. The average Bonchev–Trinajstić information content (AvgIpc) is 2.50. The highest BCUT2D eigenvalue weighted by Crippen LogP contribution is 2.18. The molecule has 0 bridgehead atoms. The largest absolute Gasteiger partial charge is 0.459 e. The van der Waals surface area contributed by atoms with Crippen molar-refractivity contribution in [3.05, 3.63) is 35.9 Å². The average molecular weight is 347 g/mol. The van der Waals surface area contributed by atoms with Gasteiger partial charge in [-0.3, -0.25) is 14.5 Å². The van der Waals surface area contributed by atoms with Gasteiger partial charge >= 0.3 is 18.5 Å². The van der Waals surface area contributed by atoms with Crippen LogP contribution < -0.4 is 0 Å². The fourth-order valence-corrected chi connectivity index (χ4v) is 2.31. The summed E-state index contributed by atoms with van der Waals surface area (Å²) in [5, 5.41) is 0. The third-order valence-corrected chi connectivity index (χ3v) is 3.60. The quantitative estimate of drug-likeness (QED) is 0.733. The molecule has 1 aliphatic rings. The van der Waals surface area contributed by atoms with Crippen molar-refractivity contribution < 1.29 is 23.9 Å². The summed E-state index contributed by atoms with van der Waals surface area (Å²) in [7, 11) is 0. The van der Waals surface area contributed by atoms with Gasteiger partial charge in [-0.2, -0.15) is 0 Å². The predicted molar refractivity (Wildman–Crippen MR) is 90.2 cm³/mol. The highest BCUT2D eigenvalue weighted by Gasteiger charge is 2.37. The van der Waals surface area contributed by atoms with Crippen LogP contribution in [-0.4, -0.2) is 59.5 Å². The summed E-state index contributed by atoms with van der Waals surface area (Å²) in [6, 6.07) is 9.01. The lowest BCUT2D eigenvalue weighted by Crippen LogP contribution is -2.61. The summed E-state index contributed by atoms with van der Waals surface area (Å²) < 4.78 is 10.6. The summed E-state index contributed by atoms with van der Waals surface area (Å²) in [4.78, 5) is 37.8. The van der Waals surface area contributed by atoms with E-state index in [9.17, 15) is 14.4 Å². The Hall–Kier alpha value is -2.57. The number of amides is 2. The molecule has 25 heavy (non-hydrogen) atoms. The molecule has 0 atom stereocenters. The molecule has 0 saturated carbocycles. The highest BCUT2D eigenvalue weighted by molar-refractivity contribution is 5.78. The standard InChI is InChI=1S/C18H23N2O5/c1-18(2,3)25-17(23)20(15-9-19(10-15)13-21)11-16(22)24-12-14-7-5-4-6-8-14/h4-8,15H,9-12H2,1-3H3. The molecular weight excluding hydrogens is 324 g/mol. The predicted octanol–water partition coefficient (Wildman–Crippen LogP) is 1.72. The first-order valence-corrected chi connectivity index (χ1v) is 8.10. The highest BCUT2D eigenvalue weighted by atomic mass is 16.6. The van der Waals surface area contributed by atoms with E-state index >= 15 is 0 Å². The van der Waals surface area contributed by atoms with Gasteiger partial charge in [0.1, 0.15) is 18.8 Å². The van der Waals surface area contributed by atoms with Crippen LogP contribution in [0.3, 0.4) is 0 Å². The molecule has 135 valence electrons. The van der Waals surface area contributed by atoms with Crippen molar-refractivity contribution >= 4 is 18.5 Å². The number of esters is 1. The van der Waals surface area contributed by atoms with E-state index in [2.05, 4.69) is 0 Å². The first-order valence-electron chi connectivity index (χ1n) is 8.10. The molecular formula is C18H23N2O5. The molecule has 1 aromatic rings. The summed E-state index contributed by atoms with van der Waals surface area (Å²) in [6.45, 7) is 5.83. The normalized spacial score (nSPS) is 14.4. The van der Waals surface area contributed by atoms with Crippen molar-refractivity contribution in [2.45, 2.75) is 39.0 Å². The monoisotopic (exact) mass is 347 g/mol. The zero-order valence-corrected chi connectivity index (χ0v) is 14.7. The lowest BCUT2D eigenvalue weighted by Gasteiger charge is -2.42. The second kappa shape index (κ2) is 8.00. The van der Waals surface area contributed by atoms with E-state index in [1.807, 2.05) is 30.3 Å². The van der Waals surface area contributed by atoms with Gasteiger partial charge in [0.05, 0.1) is 6.04 Å². The van der Waals surface area contributed by atoms with Crippen molar-refractivity contribution in [1.29, 1.82) is 0 Å². The molecule has 0 aliphatic carbocycles. The Kier molecular flexibility index (Phi) is 6.01. The molecule has 1 heterocycles. The van der Waals surface area contributed by atoms with E-state index in [0.717, 1.165) is 5.56 Å².